The molecule has 0 aliphatic carbocycles. The van der Waals surface area contributed by atoms with Gasteiger partial charge in [0.15, 0.2) is 0 Å². The van der Waals surface area contributed by atoms with Crippen molar-refractivity contribution in [2.24, 2.45) is 0 Å². The van der Waals surface area contributed by atoms with Gasteiger partial charge in [-0.2, -0.15) is 0 Å². The maximum Gasteiger partial charge on any atom is 0.269 e. The van der Waals surface area contributed by atoms with Crippen LogP contribution in [0.4, 0.5) is 5.69 Å². The van der Waals surface area contributed by atoms with E-state index >= 15 is 0 Å². The molecule has 0 N–H and O–H groups in total. The van der Waals surface area contributed by atoms with Gasteiger partial charge in [0.1, 0.15) is 0 Å². The van der Waals surface area contributed by atoms with E-state index < -0.39 is 4.92 Å². The fraction of sp³-hybridized carbons (Fsp3) is 0. The van der Waals surface area contributed by atoms with E-state index in [-0.39, 0.29) is 5.69 Å². The summed E-state index contributed by atoms with van der Waals surface area (Å²) in [5, 5.41) is 11.1. The number of benzene rings is 2. The molecule has 0 bridgehead atoms. The van der Waals surface area contributed by atoms with E-state index in [9.17, 15) is 10.1 Å². The predicted octanol–water partition coefficient (Wildman–Crippen LogP) is 4.62. The van der Waals surface area contributed by atoms with Crippen molar-refractivity contribution in [3.05, 3.63) is 69.8 Å². The van der Waals surface area contributed by atoms with E-state index in [0.717, 1.165) is 16.0 Å². The van der Waals surface area contributed by atoms with Gasteiger partial charge >= 0.3 is 0 Å². The fourth-order valence-corrected chi connectivity index (χ4v) is 1.94. The number of halogens is 1. The molecule has 0 aliphatic rings. The number of nitro groups is 1. The Morgan fingerprint density at radius 2 is 1.68 bits per heavy atom. The molecule has 0 aromatic heterocycles. The first-order chi connectivity index (χ1) is 9.06. The molecule has 2 aromatic rings. The lowest BCUT2D eigenvalue weighted by molar-refractivity contribution is -0.384. The van der Waals surface area contributed by atoms with Crippen LogP contribution >= 0.6 is 24.2 Å². The number of nitrogens with zero attached hydrogens (tertiary/aromatic N) is 1. The highest BCUT2D eigenvalue weighted by atomic mass is 35.5. The number of rotatable bonds is 3. The van der Waals surface area contributed by atoms with Crippen molar-refractivity contribution in [1.29, 1.82) is 0 Å². The van der Waals surface area contributed by atoms with Gasteiger partial charge in [0.05, 0.1) is 4.92 Å². The van der Waals surface area contributed by atoms with Crippen molar-refractivity contribution in [3.63, 3.8) is 0 Å². The summed E-state index contributed by atoms with van der Waals surface area (Å²) in [6, 6.07) is 13.7. The maximum absolute atomic E-state index is 10.5. The van der Waals surface area contributed by atoms with Gasteiger partial charge in [-0.25, -0.2) is 0 Å². The van der Waals surface area contributed by atoms with Crippen LogP contribution in [0, 0.1) is 10.1 Å². The van der Waals surface area contributed by atoms with Crippen molar-refractivity contribution < 1.29 is 4.92 Å². The Kier molecular flexibility index (Phi) is 4.24. The van der Waals surface area contributed by atoms with Crippen LogP contribution in [0.3, 0.4) is 0 Å². The number of hydrogen-bond donors (Lipinski definition) is 1. The van der Waals surface area contributed by atoms with E-state index in [1.807, 2.05) is 24.3 Å². The molecule has 19 heavy (non-hydrogen) atoms. The summed E-state index contributed by atoms with van der Waals surface area (Å²) in [7, 11) is 0. The molecule has 0 saturated carbocycles. The van der Waals surface area contributed by atoms with Crippen LogP contribution in [0.1, 0.15) is 11.1 Å². The van der Waals surface area contributed by atoms with Gasteiger partial charge in [0.2, 0.25) is 0 Å². The minimum Gasteiger partial charge on any atom is -0.258 e. The van der Waals surface area contributed by atoms with Crippen LogP contribution in [0.15, 0.2) is 53.4 Å². The van der Waals surface area contributed by atoms with Crippen molar-refractivity contribution in [1.82, 2.24) is 0 Å². The molecule has 3 nitrogen and oxygen atoms in total. The highest BCUT2D eigenvalue weighted by Crippen LogP contribution is 2.24. The minimum absolute atomic E-state index is 0.0627. The second kappa shape index (κ2) is 5.91. The van der Waals surface area contributed by atoms with Gasteiger partial charge in [-0.3, -0.25) is 10.1 Å². The van der Waals surface area contributed by atoms with Crippen LogP contribution in [-0.2, 0) is 0 Å². The zero-order valence-electron chi connectivity index (χ0n) is 9.79. The third-order valence-electron chi connectivity index (χ3n) is 2.54. The summed E-state index contributed by atoms with van der Waals surface area (Å²) in [6.07, 6.45) is 1.76. The molecule has 0 aliphatic heterocycles. The zero-order valence-corrected chi connectivity index (χ0v) is 11.4. The molecular formula is C14H10ClNO2S. The third-order valence-corrected chi connectivity index (χ3v) is 3.17. The number of thiol groups is 1. The quantitative estimate of drug-likeness (QED) is 0.388. The second-order valence-electron chi connectivity index (χ2n) is 3.89. The Bertz CT molecular complexity index is 621. The molecule has 0 radical (unpaired) electrons. The first kappa shape index (κ1) is 13.6. The topological polar surface area (TPSA) is 43.1 Å². The summed E-state index contributed by atoms with van der Waals surface area (Å²) < 4.78 is 0. The summed E-state index contributed by atoms with van der Waals surface area (Å²) >= 11 is 10.4. The van der Waals surface area contributed by atoms with Gasteiger partial charge < -0.3 is 0 Å². The van der Waals surface area contributed by atoms with Gasteiger partial charge in [0.25, 0.3) is 5.69 Å². The summed E-state index contributed by atoms with van der Waals surface area (Å²) in [5.74, 6) is 0. The third kappa shape index (κ3) is 3.59. The summed E-state index contributed by atoms with van der Waals surface area (Å²) in [6.45, 7) is 0. The zero-order chi connectivity index (χ0) is 13.8. The number of hydrogen-bond acceptors (Lipinski definition) is 3. The standard InChI is InChI=1S/C14H10ClNO2S/c15-14(11-3-7-13(19)8-4-11)9-10-1-5-12(6-2-10)16(17)18/h1-9,19H. The van der Waals surface area contributed by atoms with E-state index in [1.54, 1.807) is 18.2 Å². The molecule has 0 spiro atoms. The molecule has 96 valence electrons. The predicted molar refractivity (Wildman–Crippen MR) is 80.5 cm³/mol. The summed E-state index contributed by atoms with van der Waals surface area (Å²) in [5.41, 5.74) is 1.75. The Morgan fingerprint density at radius 3 is 2.21 bits per heavy atom. The molecule has 0 saturated heterocycles. The van der Waals surface area contributed by atoms with Crippen molar-refractivity contribution in [3.8, 4) is 0 Å². The van der Waals surface area contributed by atoms with Gasteiger partial charge in [0, 0.05) is 22.1 Å². The largest absolute Gasteiger partial charge is 0.269 e. The maximum atomic E-state index is 10.5. The first-order valence-electron chi connectivity index (χ1n) is 5.47. The van der Waals surface area contributed by atoms with E-state index in [4.69, 9.17) is 11.6 Å². The Labute approximate surface area is 121 Å². The lowest BCUT2D eigenvalue weighted by atomic mass is 10.1. The van der Waals surface area contributed by atoms with Crippen LogP contribution in [0.2, 0.25) is 0 Å². The van der Waals surface area contributed by atoms with E-state index in [0.29, 0.717) is 5.03 Å². The summed E-state index contributed by atoms with van der Waals surface area (Å²) in [4.78, 5) is 11.0. The molecule has 5 heteroatoms. The highest BCUT2D eigenvalue weighted by Gasteiger charge is 2.04. The SMILES string of the molecule is O=[N+]([O-])c1ccc(C=C(Cl)c2ccc(S)cc2)cc1. The smallest absolute Gasteiger partial charge is 0.258 e. The van der Waals surface area contributed by atoms with E-state index in [1.165, 1.54) is 12.1 Å². The average molecular weight is 292 g/mol. The molecule has 0 amide bonds. The van der Waals surface area contributed by atoms with Crippen LogP contribution in [0.5, 0.6) is 0 Å². The monoisotopic (exact) mass is 291 g/mol. The van der Waals surface area contributed by atoms with E-state index in [2.05, 4.69) is 12.6 Å². The van der Waals surface area contributed by atoms with Crippen LogP contribution in [-0.4, -0.2) is 4.92 Å². The highest BCUT2D eigenvalue weighted by molar-refractivity contribution is 7.80. The molecule has 0 atom stereocenters. The molecule has 0 fully saturated rings. The second-order valence-corrected chi connectivity index (χ2v) is 4.81. The molecule has 2 rings (SSSR count). The van der Waals surface area contributed by atoms with Gasteiger partial charge in [-0.1, -0.05) is 23.7 Å². The van der Waals surface area contributed by atoms with Gasteiger partial charge in [-0.05, 0) is 41.5 Å². The Hall–Kier alpha value is -1.78. The number of nitro benzene ring substituents is 1. The number of non-ortho nitro benzene ring substituents is 1. The van der Waals surface area contributed by atoms with Crippen LogP contribution < -0.4 is 0 Å². The van der Waals surface area contributed by atoms with Gasteiger partial charge in [-0.15, -0.1) is 12.6 Å². The molecular weight excluding hydrogens is 282 g/mol. The molecule has 0 heterocycles. The lowest BCUT2D eigenvalue weighted by Crippen LogP contribution is -1.86. The fourth-order valence-electron chi connectivity index (χ4n) is 1.54. The van der Waals surface area contributed by atoms with Crippen LogP contribution in [0.25, 0.3) is 11.1 Å². The van der Waals surface area contributed by atoms with Crippen molar-refractivity contribution in [2.45, 2.75) is 4.90 Å². The van der Waals surface area contributed by atoms with Crippen molar-refractivity contribution in [2.75, 3.05) is 0 Å². The normalized spacial score (nSPS) is 11.4. The molecule has 0 unspecified atom stereocenters. The first-order valence-corrected chi connectivity index (χ1v) is 6.30. The minimum atomic E-state index is -0.430. The molecule has 2 aromatic carbocycles. The average Bonchev–Trinajstić information content (AvgIpc) is 2.40. The Balaban J connectivity index is 2.25. The van der Waals surface area contributed by atoms with Crippen molar-refractivity contribution >= 4 is 41.0 Å². The Morgan fingerprint density at radius 1 is 1.11 bits per heavy atom. The lowest BCUT2D eigenvalue weighted by Gasteiger charge is -2.00.